The average molecular weight is 315 g/mol. The summed E-state index contributed by atoms with van der Waals surface area (Å²) in [5, 5.41) is 14.3. The molecule has 0 spiro atoms. The van der Waals surface area contributed by atoms with Gasteiger partial charge in [-0.2, -0.15) is 0 Å². The summed E-state index contributed by atoms with van der Waals surface area (Å²) in [6.45, 7) is 3.54. The molecule has 0 unspecified atom stereocenters. The van der Waals surface area contributed by atoms with Crippen LogP contribution in [0, 0.1) is 0 Å². The van der Waals surface area contributed by atoms with Crippen LogP contribution in [0.4, 0.5) is 10.5 Å². The minimum atomic E-state index is -1.08. The molecule has 0 radical (unpaired) electrons. The maximum atomic E-state index is 11.7. The van der Waals surface area contributed by atoms with E-state index in [0.717, 1.165) is 12.8 Å². The minimum absolute atomic E-state index is 0.0533. The number of hydrogen-bond donors (Lipinski definition) is 3. The van der Waals surface area contributed by atoms with Gasteiger partial charge >= 0.3 is 12.0 Å². The van der Waals surface area contributed by atoms with Gasteiger partial charge in [0.25, 0.3) is 0 Å². The summed E-state index contributed by atoms with van der Waals surface area (Å²) in [5.74, 6) is -1.08. The average Bonchev–Trinajstić information content (AvgIpc) is 2.44. The molecule has 0 fully saturated rings. The van der Waals surface area contributed by atoms with Crippen molar-refractivity contribution in [3.05, 3.63) is 28.8 Å². The summed E-state index contributed by atoms with van der Waals surface area (Å²) in [5.41, 5.74) is 0.304. The first kappa shape index (κ1) is 17.3. The molecule has 0 saturated heterocycles. The molecule has 0 heterocycles. The van der Waals surface area contributed by atoms with Crippen molar-refractivity contribution in [3.63, 3.8) is 0 Å². The van der Waals surface area contributed by atoms with Crippen molar-refractivity contribution in [2.45, 2.75) is 19.8 Å². The predicted octanol–water partition coefficient (Wildman–Crippen LogP) is 2.98. The van der Waals surface area contributed by atoms with E-state index in [-0.39, 0.29) is 16.3 Å². The van der Waals surface area contributed by atoms with Gasteiger partial charge < -0.3 is 20.5 Å². The number of carboxylic acid groups (broad SMARTS) is 1. The maximum Gasteiger partial charge on any atom is 0.335 e. The summed E-state index contributed by atoms with van der Waals surface area (Å²) < 4.78 is 5.30. The first-order valence-electron chi connectivity index (χ1n) is 6.70. The van der Waals surface area contributed by atoms with Crippen molar-refractivity contribution in [2.24, 2.45) is 0 Å². The van der Waals surface area contributed by atoms with Crippen LogP contribution in [0.2, 0.25) is 5.02 Å². The highest BCUT2D eigenvalue weighted by molar-refractivity contribution is 6.33. The number of halogens is 1. The Morgan fingerprint density at radius 1 is 1.33 bits per heavy atom. The number of urea groups is 1. The Balaban J connectivity index is 2.40. The third kappa shape index (κ3) is 6.46. The lowest BCUT2D eigenvalue weighted by atomic mass is 10.2. The number of ether oxygens (including phenoxy) is 1. The van der Waals surface area contributed by atoms with Crippen LogP contribution in [-0.4, -0.2) is 36.9 Å². The van der Waals surface area contributed by atoms with Crippen molar-refractivity contribution in [2.75, 3.05) is 25.1 Å². The molecule has 0 aliphatic rings. The number of rotatable bonds is 8. The van der Waals surface area contributed by atoms with Crippen LogP contribution in [-0.2, 0) is 4.74 Å². The first-order chi connectivity index (χ1) is 10.0. The van der Waals surface area contributed by atoms with Crippen molar-refractivity contribution >= 4 is 29.3 Å². The fraction of sp³-hybridized carbons (Fsp3) is 0.429. The standard InChI is InChI=1S/C14H19ClN2O4/c1-2-3-7-21-8-6-16-14(20)17-12-9-10(13(18)19)4-5-11(12)15/h4-5,9H,2-3,6-8H2,1H3,(H,18,19)(H2,16,17,20). The molecule has 0 saturated carbocycles. The summed E-state index contributed by atoms with van der Waals surface area (Å²) in [6.07, 6.45) is 2.05. The SMILES string of the molecule is CCCCOCCNC(=O)Nc1cc(C(=O)O)ccc1Cl. The summed E-state index contributed by atoms with van der Waals surface area (Å²) in [6, 6.07) is 3.64. The lowest BCUT2D eigenvalue weighted by molar-refractivity contribution is 0.0697. The second-order valence-electron chi connectivity index (χ2n) is 4.35. The number of hydrogen-bond acceptors (Lipinski definition) is 3. The van der Waals surface area contributed by atoms with Crippen LogP contribution in [0.15, 0.2) is 18.2 Å². The quantitative estimate of drug-likeness (QED) is 0.644. The lowest BCUT2D eigenvalue weighted by Gasteiger charge is -2.10. The van der Waals surface area contributed by atoms with Crippen LogP contribution in [0.5, 0.6) is 0 Å². The molecule has 0 bridgehead atoms. The van der Waals surface area contributed by atoms with Crippen LogP contribution in [0.3, 0.4) is 0 Å². The monoisotopic (exact) mass is 314 g/mol. The Bertz CT molecular complexity index is 494. The number of carbonyl (C=O) groups excluding carboxylic acids is 1. The number of nitrogens with one attached hydrogen (secondary N) is 2. The molecule has 0 aromatic heterocycles. The second kappa shape index (κ2) is 9.20. The minimum Gasteiger partial charge on any atom is -0.478 e. The van der Waals surface area contributed by atoms with E-state index in [0.29, 0.717) is 19.8 Å². The van der Waals surface area contributed by atoms with Gasteiger partial charge in [-0.15, -0.1) is 0 Å². The first-order valence-corrected chi connectivity index (χ1v) is 7.07. The van der Waals surface area contributed by atoms with Crippen LogP contribution < -0.4 is 10.6 Å². The van der Waals surface area contributed by atoms with Crippen molar-refractivity contribution in [1.82, 2.24) is 5.32 Å². The number of anilines is 1. The molecule has 1 aromatic carbocycles. The molecule has 7 heteroatoms. The molecule has 0 atom stereocenters. The van der Waals surface area contributed by atoms with E-state index in [2.05, 4.69) is 17.6 Å². The number of benzene rings is 1. The van der Waals surface area contributed by atoms with E-state index < -0.39 is 12.0 Å². The predicted molar refractivity (Wildman–Crippen MR) is 81.2 cm³/mol. The molecule has 0 aliphatic carbocycles. The zero-order chi connectivity index (χ0) is 15.7. The second-order valence-corrected chi connectivity index (χ2v) is 4.75. The van der Waals surface area contributed by atoms with Crippen LogP contribution in [0.1, 0.15) is 30.1 Å². The summed E-state index contributed by atoms with van der Waals surface area (Å²) in [7, 11) is 0. The highest BCUT2D eigenvalue weighted by atomic mass is 35.5. The fourth-order valence-electron chi connectivity index (χ4n) is 1.51. The number of carbonyl (C=O) groups is 2. The van der Waals surface area contributed by atoms with E-state index in [4.69, 9.17) is 21.4 Å². The molecule has 1 rings (SSSR count). The van der Waals surface area contributed by atoms with E-state index >= 15 is 0 Å². The number of amides is 2. The van der Waals surface area contributed by atoms with Gasteiger partial charge in [-0.25, -0.2) is 9.59 Å². The highest BCUT2D eigenvalue weighted by Gasteiger charge is 2.09. The Hall–Kier alpha value is -1.79. The van der Waals surface area contributed by atoms with Gasteiger partial charge in [0.2, 0.25) is 0 Å². The van der Waals surface area contributed by atoms with Gasteiger partial charge in [0.05, 0.1) is 22.9 Å². The van der Waals surface area contributed by atoms with E-state index in [1.807, 2.05) is 0 Å². The molecular weight excluding hydrogens is 296 g/mol. The van der Waals surface area contributed by atoms with Gasteiger partial charge in [-0.1, -0.05) is 24.9 Å². The Morgan fingerprint density at radius 3 is 2.76 bits per heavy atom. The third-order valence-electron chi connectivity index (χ3n) is 2.64. The van der Waals surface area contributed by atoms with E-state index in [9.17, 15) is 9.59 Å². The van der Waals surface area contributed by atoms with Gasteiger partial charge in [0.15, 0.2) is 0 Å². The number of carboxylic acids is 1. The van der Waals surface area contributed by atoms with Gasteiger partial charge in [-0.05, 0) is 24.6 Å². The van der Waals surface area contributed by atoms with Gasteiger partial charge in [0.1, 0.15) is 0 Å². The maximum absolute atomic E-state index is 11.7. The number of aromatic carboxylic acids is 1. The molecule has 3 N–H and O–H groups in total. The third-order valence-corrected chi connectivity index (χ3v) is 2.97. The molecule has 6 nitrogen and oxygen atoms in total. The Labute approximate surface area is 128 Å². The Kier molecular flexibility index (Phi) is 7.56. The molecule has 2 amide bonds. The number of unbranched alkanes of at least 4 members (excludes halogenated alkanes) is 1. The van der Waals surface area contributed by atoms with Crippen molar-refractivity contribution in [1.29, 1.82) is 0 Å². The van der Waals surface area contributed by atoms with E-state index in [1.165, 1.54) is 18.2 Å². The molecular formula is C14H19ClN2O4. The van der Waals surface area contributed by atoms with Crippen molar-refractivity contribution < 1.29 is 19.4 Å². The zero-order valence-electron chi connectivity index (χ0n) is 11.8. The van der Waals surface area contributed by atoms with E-state index in [1.54, 1.807) is 0 Å². The summed E-state index contributed by atoms with van der Waals surface area (Å²) in [4.78, 5) is 22.5. The van der Waals surface area contributed by atoms with Gasteiger partial charge in [0, 0.05) is 13.2 Å². The largest absolute Gasteiger partial charge is 0.478 e. The zero-order valence-corrected chi connectivity index (χ0v) is 12.6. The molecule has 0 aliphatic heterocycles. The molecule has 1 aromatic rings. The topological polar surface area (TPSA) is 87.7 Å². The normalized spacial score (nSPS) is 10.2. The summed E-state index contributed by atoms with van der Waals surface area (Å²) >= 11 is 5.90. The fourth-order valence-corrected chi connectivity index (χ4v) is 1.67. The molecule has 116 valence electrons. The van der Waals surface area contributed by atoms with Crippen LogP contribution >= 0.6 is 11.6 Å². The highest BCUT2D eigenvalue weighted by Crippen LogP contribution is 2.22. The smallest absolute Gasteiger partial charge is 0.335 e. The van der Waals surface area contributed by atoms with Gasteiger partial charge in [-0.3, -0.25) is 0 Å². The Morgan fingerprint density at radius 2 is 2.10 bits per heavy atom. The molecule has 21 heavy (non-hydrogen) atoms. The lowest BCUT2D eigenvalue weighted by Crippen LogP contribution is -2.31. The van der Waals surface area contributed by atoms with Crippen LogP contribution in [0.25, 0.3) is 0 Å². The van der Waals surface area contributed by atoms with Crippen molar-refractivity contribution in [3.8, 4) is 0 Å².